The van der Waals surface area contributed by atoms with Crippen molar-refractivity contribution < 1.29 is 17.9 Å². The molecule has 29 heavy (non-hydrogen) atoms. The summed E-state index contributed by atoms with van der Waals surface area (Å²) >= 11 is 0. The van der Waals surface area contributed by atoms with Crippen molar-refractivity contribution in [2.75, 3.05) is 18.1 Å². The molecule has 6 heteroatoms. The number of aryl methyl sites for hydroxylation is 3. The molecule has 1 fully saturated rings. The van der Waals surface area contributed by atoms with Gasteiger partial charge in [0.2, 0.25) is 0 Å². The Hall–Kier alpha value is -2.34. The van der Waals surface area contributed by atoms with E-state index in [1.54, 1.807) is 4.90 Å². The second-order valence-corrected chi connectivity index (χ2v) is 9.99. The summed E-state index contributed by atoms with van der Waals surface area (Å²) in [5.74, 6) is 0.685. The van der Waals surface area contributed by atoms with Gasteiger partial charge in [-0.15, -0.1) is 0 Å². The number of benzene rings is 2. The van der Waals surface area contributed by atoms with E-state index in [0.29, 0.717) is 18.7 Å². The fourth-order valence-corrected chi connectivity index (χ4v) is 5.49. The Bertz CT molecular complexity index is 947. The zero-order valence-electron chi connectivity index (χ0n) is 17.3. The molecule has 2 aromatic rings. The summed E-state index contributed by atoms with van der Waals surface area (Å²) in [6.07, 6.45) is 1.43. The highest BCUT2D eigenvalue weighted by molar-refractivity contribution is 7.91. The third-order valence-electron chi connectivity index (χ3n) is 5.50. The van der Waals surface area contributed by atoms with Gasteiger partial charge in [-0.3, -0.25) is 4.79 Å². The van der Waals surface area contributed by atoms with Crippen molar-refractivity contribution in [3.05, 3.63) is 64.7 Å². The van der Waals surface area contributed by atoms with Crippen molar-refractivity contribution >= 4 is 15.7 Å². The maximum atomic E-state index is 13.1. The van der Waals surface area contributed by atoms with Gasteiger partial charge >= 0.3 is 0 Å². The Morgan fingerprint density at radius 3 is 2.24 bits per heavy atom. The molecule has 0 radical (unpaired) electrons. The molecule has 1 aliphatic heterocycles. The Morgan fingerprint density at radius 2 is 1.69 bits per heavy atom. The summed E-state index contributed by atoms with van der Waals surface area (Å²) in [4.78, 5) is 14.8. The Morgan fingerprint density at radius 1 is 1.07 bits per heavy atom. The van der Waals surface area contributed by atoms with Crippen LogP contribution in [-0.4, -0.2) is 43.4 Å². The molecule has 156 valence electrons. The SMILES string of the molecule is CCc1ccc(CN(C(=O)COc2c(C)cccc2C)[C@@H]2CCS(=O)(=O)C2)cc1. The normalized spacial score (nSPS) is 17.8. The van der Waals surface area contributed by atoms with Crippen LogP contribution in [0.15, 0.2) is 42.5 Å². The summed E-state index contributed by atoms with van der Waals surface area (Å²) in [7, 11) is -3.09. The van der Waals surface area contributed by atoms with E-state index < -0.39 is 9.84 Å². The second-order valence-electron chi connectivity index (χ2n) is 7.76. The molecule has 0 unspecified atom stereocenters. The first-order valence-electron chi connectivity index (χ1n) is 10.1. The topological polar surface area (TPSA) is 63.7 Å². The summed E-state index contributed by atoms with van der Waals surface area (Å²) in [6.45, 7) is 6.28. The fourth-order valence-electron chi connectivity index (χ4n) is 3.76. The number of ether oxygens (including phenoxy) is 1. The number of rotatable bonds is 7. The third kappa shape index (κ3) is 5.38. The van der Waals surface area contributed by atoms with Crippen LogP contribution in [0.1, 0.15) is 35.6 Å². The highest BCUT2D eigenvalue weighted by Crippen LogP contribution is 2.24. The van der Waals surface area contributed by atoms with Gasteiger partial charge < -0.3 is 9.64 Å². The van der Waals surface area contributed by atoms with Gasteiger partial charge in [-0.1, -0.05) is 49.4 Å². The lowest BCUT2D eigenvalue weighted by atomic mass is 10.1. The molecule has 1 saturated heterocycles. The van der Waals surface area contributed by atoms with Gasteiger partial charge in [-0.25, -0.2) is 8.42 Å². The number of carbonyl (C=O) groups is 1. The molecule has 1 heterocycles. The molecule has 1 atom stereocenters. The van der Waals surface area contributed by atoms with E-state index in [0.717, 1.165) is 23.1 Å². The molecular formula is C23H29NO4S. The highest BCUT2D eigenvalue weighted by Gasteiger charge is 2.34. The van der Waals surface area contributed by atoms with Crippen molar-refractivity contribution in [2.24, 2.45) is 0 Å². The number of carbonyl (C=O) groups excluding carboxylic acids is 1. The van der Waals surface area contributed by atoms with Gasteiger partial charge in [-0.2, -0.15) is 0 Å². The maximum Gasteiger partial charge on any atom is 0.261 e. The summed E-state index contributed by atoms with van der Waals surface area (Å²) in [6, 6.07) is 13.7. The van der Waals surface area contributed by atoms with Gasteiger partial charge in [0, 0.05) is 12.6 Å². The van der Waals surface area contributed by atoms with Gasteiger partial charge in [0.15, 0.2) is 16.4 Å². The molecule has 2 aromatic carbocycles. The lowest BCUT2D eigenvalue weighted by Crippen LogP contribution is -2.43. The van der Waals surface area contributed by atoms with Crippen LogP contribution in [0.2, 0.25) is 0 Å². The number of nitrogens with zero attached hydrogens (tertiary/aromatic N) is 1. The van der Waals surface area contributed by atoms with E-state index in [-0.39, 0.29) is 30.1 Å². The van der Waals surface area contributed by atoms with E-state index in [2.05, 4.69) is 19.1 Å². The number of para-hydroxylation sites is 1. The summed E-state index contributed by atoms with van der Waals surface area (Å²) in [5.41, 5.74) is 4.17. The molecule has 1 aliphatic rings. The smallest absolute Gasteiger partial charge is 0.261 e. The molecule has 5 nitrogen and oxygen atoms in total. The van der Waals surface area contributed by atoms with E-state index >= 15 is 0 Å². The first-order valence-corrected chi connectivity index (χ1v) is 11.9. The number of hydrogen-bond acceptors (Lipinski definition) is 4. The van der Waals surface area contributed by atoms with Crippen molar-refractivity contribution in [1.29, 1.82) is 0 Å². The lowest BCUT2D eigenvalue weighted by Gasteiger charge is -2.28. The Labute approximate surface area is 173 Å². The minimum absolute atomic E-state index is 0.0230. The average molecular weight is 416 g/mol. The minimum atomic E-state index is -3.09. The largest absolute Gasteiger partial charge is 0.483 e. The fraction of sp³-hybridized carbons (Fsp3) is 0.435. The quantitative estimate of drug-likeness (QED) is 0.695. The molecule has 0 spiro atoms. The van der Waals surface area contributed by atoms with Crippen LogP contribution >= 0.6 is 0 Å². The molecule has 1 amide bonds. The highest BCUT2D eigenvalue weighted by atomic mass is 32.2. The van der Waals surface area contributed by atoms with Gasteiger partial charge in [0.1, 0.15) is 5.75 Å². The first-order chi connectivity index (χ1) is 13.8. The molecular weight excluding hydrogens is 386 g/mol. The minimum Gasteiger partial charge on any atom is -0.483 e. The predicted octanol–water partition coefficient (Wildman–Crippen LogP) is 3.46. The summed E-state index contributed by atoms with van der Waals surface area (Å²) in [5, 5.41) is 0. The number of amides is 1. The van der Waals surface area contributed by atoms with Gasteiger partial charge in [0.05, 0.1) is 11.5 Å². The maximum absolute atomic E-state index is 13.1. The zero-order valence-corrected chi connectivity index (χ0v) is 18.2. The van der Waals surface area contributed by atoms with Crippen LogP contribution in [0, 0.1) is 13.8 Å². The monoisotopic (exact) mass is 415 g/mol. The van der Waals surface area contributed by atoms with Crippen LogP contribution < -0.4 is 4.74 Å². The van der Waals surface area contributed by atoms with E-state index in [9.17, 15) is 13.2 Å². The molecule has 0 bridgehead atoms. The molecule has 0 N–H and O–H groups in total. The number of hydrogen-bond donors (Lipinski definition) is 0. The van der Waals surface area contributed by atoms with E-state index in [1.165, 1.54) is 5.56 Å². The second kappa shape index (κ2) is 8.99. The molecule has 0 aliphatic carbocycles. The average Bonchev–Trinajstić information content (AvgIpc) is 3.05. The van der Waals surface area contributed by atoms with Crippen LogP contribution in [0.3, 0.4) is 0 Å². The van der Waals surface area contributed by atoms with Gasteiger partial charge in [0.25, 0.3) is 5.91 Å². The number of sulfone groups is 1. The van der Waals surface area contributed by atoms with Crippen molar-refractivity contribution in [2.45, 2.75) is 46.2 Å². The van der Waals surface area contributed by atoms with Crippen LogP contribution in [0.25, 0.3) is 0 Å². The third-order valence-corrected chi connectivity index (χ3v) is 7.25. The van der Waals surface area contributed by atoms with Gasteiger partial charge in [-0.05, 0) is 48.9 Å². The van der Waals surface area contributed by atoms with Crippen LogP contribution in [0.4, 0.5) is 0 Å². The van der Waals surface area contributed by atoms with Crippen LogP contribution in [0.5, 0.6) is 5.75 Å². The van der Waals surface area contributed by atoms with Crippen molar-refractivity contribution in [3.63, 3.8) is 0 Å². The summed E-state index contributed by atoms with van der Waals surface area (Å²) < 4.78 is 29.9. The zero-order chi connectivity index (χ0) is 21.0. The first kappa shape index (κ1) is 21.4. The standard InChI is InChI=1S/C23H29NO4S/c1-4-19-8-10-20(11-9-19)14-24(21-12-13-29(26,27)16-21)22(25)15-28-23-17(2)6-5-7-18(23)3/h5-11,21H,4,12-16H2,1-3H3/t21-/m1/s1. The molecule has 0 aromatic heterocycles. The van der Waals surface area contributed by atoms with E-state index in [4.69, 9.17) is 4.74 Å². The molecule has 3 rings (SSSR count). The van der Waals surface area contributed by atoms with Crippen LogP contribution in [-0.2, 0) is 27.6 Å². The van der Waals surface area contributed by atoms with Crippen molar-refractivity contribution in [3.8, 4) is 5.75 Å². The van der Waals surface area contributed by atoms with Crippen molar-refractivity contribution in [1.82, 2.24) is 4.90 Å². The Balaban J connectivity index is 1.77. The Kier molecular flexibility index (Phi) is 6.63. The molecule has 0 saturated carbocycles. The lowest BCUT2D eigenvalue weighted by molar-refractivity contribution is -0.136. The predicted molar refractivity (Wildman–Crippen MR) is 115 cm³/mol. The van der Waals surface area contributed by atoms with E-state index in [1.807, 2.05) is 44.2 Å².